The van der Waals surface area contributed by atoms with Crippen molar-refractivity contribution in [1.82, 2.24) is 24.9 Å². The second-order valence-corrected chi connectivity index (χ2v) is 37.3. The normalized spacial score (nSPS) is 13.2. The van der Waals surface area contributed by atoms with E-state index in [1.54, 1.807) is 87.8 Å². The molecule has 10 aromatic rings. The zero-order chi connectivity index (χ0) is 106. The van der Waals surface area contributed by atoms with Crippen LogP contribution >= 0.6 is 98.6 Å². The molecule has 0 spiro atoms. The van der Waals surface area contributed by atoms with Crippen LogP contribution in [0.4, 0.5) is 80.5 Å². The summed E-state index contributed by atoms with van der Waals surface area (Å²) in [6, 6.07) is 41.3. The van der Waals surface area contributed by atoms with Crippen molar-refractivity contribution in [3.63, 3.8) is 0 Å². The van der Waals surface area contributed by atoms with E-state index in [1.165, 1.54) is 97.3 Å². The number of halogens is 9. The van der Waals surface area contributed by atoms with Crippen molar-refractivity contribution >= 4 is 183 Å². The molecule has 2 fully saturated rings. The first-order valence-electron chi connectivity index (χ1n) is 40.7. The summed E-state index contributed by atoms with van der Waals surface area (Å²) in [4.78, 5) is 59.6. The number of nitrogen functional groups attached to an aromatic ring is 3. The molecule has 44 heteroatoms. The summed E-state index contributed by atoms with van der Waals surface area (Å²) in [5, 5.41) is 37.6. The van der Waals surface area contributed by atoms with Crippen LogP contribution in [-0.2, 0) is 46.3 Å². The van der Waals surface area contributed by atoms with Gasteiger partial charge in [-0.05, 0) is 308 Å². The highest BCUT2D eigenvalue weighted by molar-refractivity contribution is 7.92. The molecule has 4 atom stereocenters. The third-order valence-electron chi connectivity index (χ3n) is 15.6. The summed E-state index contributed by atoms with van der Waals surface area (Å²) in [6.45, 7) is 16.5. The molecule has 0 bridgehead atoms. The average Bonchev–Trinajstić information content (AvgIpc) is 1.24. The van der Waals surface area contributed by atoms with E-state index in [9.17, 15) is 69.5 Å². The number of aromatic nitrogens is 5. The van der Waals surface area contributed by atoms with Gasteiger partial charge in [0, 0.05) is 77.5 Å². The molecule has 142 heavy (non-hydrogen) atoms. The van der Waals surface area contributed by atoms with Gasteiger partial charge in [-0.15, -0.1) is 24.3 Å². The number of ketones is 1. The number of anilines is 9. The third-order valence-corrected chi connectivity index (χ3v) is 26.8. The number of nitrogens with two attached hydrogens (primary N) is 3. The predicted molar refractivity (Wildman–Crippen MR) is 567 cm³/mol. The number of carbonyl (C=O) groups is 2. The minimum Gasteiger partial charge on any atom is -0.476 e. The number of carbonyl (C=O) groups excluding carboxylic acids is 1. The molecule has 1 aliphatic carbocycles. The molecule has 5 aromatic carbocycles. The van der Waals surface area contributed by atoms with Crippen molar-refractivity contribution in [3.05, 3.63) is 274 Å². The van der Waals surface area contributed by atoms with Crippen LogP contribution in [0.5, 0.6) is 0 Å². The first kappa shape index (κ1) is 129. The molecule has 0 radical (unpaired) electrons. The van der Waals surface area contributed by atoms with E-state index in [2.05, 4.69) is 171 Å². The van der Waals surface area contributed by atoms with Gasteiger partial charge in [0.25, 0.3) is 10.1 Å². The van der Waals surface area contributed by atoms with Gasteiger partial charge in [0.15, 0.2) is 11.6 Å². The number of Topliss-reactive ketones (excluding diaryl/α,β-unsaturated/α-hetero) is 1. The Morgan fingerprint density at radius 2 is 0.845 bits per heavy atom. The van der Waals surface area contributed by atoms with Crippen LogP contribution in [0.25, 0.3) is 0 Å². The van der Waals surface area contributed by atoms with Crippen molar-refractivity contribution in [2.75, 3.05) is 51.6 Å². The molecular formula is C98H99Cl5F4N13O16P5S. The standard InChI is InChI=1S/C12H6.C11H7ClFN3O2.2C11H9ClFN3.C11H4.C10H23O6P3.C7H9N.C7H8O3S.C6H5ClFN.C6H8O3.C5H3ClN2O2.CH4.H4P2/c1-3-5-7-9-11-12-10-8-6-4-2;12-8-4-3-7(6-9(8)13)15-11-10(16(17)18)2-1-5-14-11;2*12-8-4-3-7(6-9(8)13)16-11-10(14)2-1-5-15-11;1-3-5-7-9-11-10-8-6-4-2;1-4-7-10-19(13)15-17(11,8-5-2)14-18(12,16-19)9-6-3;1-6-4-3-5-7(2)8-6;1-6-2-4-7(5-3-6)11(8,9)10;7-5-2-1-4(9)3-6(5)8;7-5(6(8)9)3-4-1-2-4;6-5-4(8(9)10)2-1-3-7-5;;1-2/h1-2H3;1-6H,(H,14,15);2*1-6H,14H2,(H,15,16);1H,2H3;4-10H2,1-3H3;3-5H,1-2H3;2-5H,1H3,(H,8,9,10);1-3H,9H2;4H,1-3H2,(H,8,9);1-3H;1H4;1-2H2. The summed E-state index contributed by atoms with van der Waals surface area (Å²) in [5.41, 5.74) is 22.2. The third kappa shape index (κ3) is 56.8. The number of unbranched alkanes of at least 4 members (excludes halogenated alkanes) is 1. The van der Waals surface area contributed by atoms with Crippen LogP contribution < -0.4 is 33.2 Å². The Morgan fingerprint density at radius 1 is 0.500 bits per heavy atom. The van der Waals surface area contributed by atoms with Gasteiger partial charge >= 0.3 is 40.1 Å². The first-order chi connectivity index (χ1) is 66.9. The van der Waals surface area contributed by atoms with Gasteiger partial charge in [-0.3, -0.25) is 48.3 Å². The summed E-state index contributed by atoms with van der Waals surface area (Å²) < 4.78 is 134. The van der Waals surface area contributed by atoms with E-state index in [4.69, 9.17) is 104 Å². The van der Waals surface area contributed by atoms with Gasteiger partial charge in [-0.2, -0.15) is 8.42 Å². The van der Waals surface area contributed by atoms with Crippen molar-refractivity contribution in [1.29, 1.82) is 0 Å². The fraction of sp³-hybridized carbons (Fsp3) is 0.214. The Balaban J connectivity index is 0.00000155. The van der Waals surface area contributed by atoms with Crippen molar-refractivity contribution in [2.45, 2.75) is 120 Å². The minimum atomic E-state index is -4.02. The molecule has 5 aromatic heterocycles. The molecule has 6 heterocycles. The quantitative estimate of drug-likeness (QED) is 0.00429. The zero-order valence-electron chi connectivity index (χ0n) is 76.9. The molecule has 0 amide bonds. The van der Waals surface area contributed by atoms with Gasteiger partial charge in [-0.25, -0.2) is 55.2 Å². The van der Waals surface area contributed by atoms with E-state index in [0.29, 0.717) is 70.9 Å². The van der Waals surface area contributed by atoms with Crippen LogP contribution in [0.15, 0.2) is 193 Å². The summed E-state index contributed by atoms with van der Waals surface area (Å²) >= 11 is 27.4. The highest BCUT2D eigenvalue weighted by Gasteiger charge is 2.51. The van der Waals surface area contributed by atoms with Crippen molar-refractivity contribution in [2.24, 2.45) is 5.92 Å². The number of pyridine rings is 5. The Morgan fingerprint density at radius 3 is 1.15 bits per heavy atom. The number of nitrogens with zero attached hydrogens (tertiary/aromatic N) is 7. The monoisotopic (exact) mass is 2150 g/mol. The SMILES string of the molecule is C.C#CC#CC#CC#CC#CC.CC#CC#CC#CC#CC#CC.CCCCP1(=O)OP(=O)(CCC)OP(=O)(CCC)O1.Cc1ccc(S(=O)(=O)O)cc1.Cc1cccc(C)n1.Nc1ccc(Cl)c(F)c1.Nc1cccnc1Nc1ccc(Cl)c(F)c1.Nc1cccnc1Nc1ccc(Cl)c(F)c1.O=C(O)C(=O)CC1CC1.O=[N+]([O-])c1cccnc1Cl.O=[N+]([O-])c1cccnc1Nc1ccc(Cl)c(F)c1.PP. The maximum Gasteiger partial charge on any atom is 0.372 e. The molecule has 29 nitrogen and oxygen atoms in total. The molecule has 1 saturated heterocycles. The van der Waals surface area contributed by atoms with Crippen molar-refractivity contribution in [3.8, 4) is 119 Å². The molecule has 4 unspecified atom stereocenters. The fourth-order valence-electron chi connectivity index (χ4n) is 9.23. The van der Waals surface area contributed by atoms with Gasteiger partial charge in [-0.1, -0.05) is 134 Å². The number of hydrogen-bond donors (Lipinski definition) is 8. The van der Waals surface area contributed by atoms with E-state index >= 15 is 0 Å². The lowest BCUT2D eigenvalue weighted by molar-refractivity contribution is -0.385. The number of nitro groups is 2. The maximum atomic E-state index is 13.2. The average molecular weight is 2160 g/mol. The number of aryl methyl sites for hydroxylation is 3. The van der Waals surface area contributed by atoms with Crippen LogP contribution in [0.3, 0.4) is 0 Å². The lowest BCUT2D eigenvalue weighted by Gasteiger charge is -2.34. The molecule has 1 aliphatic heterocycles. The topological polar surface area (TPSA) is 453 Å². The molecule has 746 valence electrons. The van der Waals surface area contributed by atoms with Gasteiger partial charge in [0.1, 0.15) is 23.3 Å². The van der Waals surface area contributed by atoms with Crippen LogP contribution in [0.1, 0.15) is 111 Å². The van der Waals surface area contributed by atoms with Gasteiger partial charge in [0.05, 0.1) is 64.7 Å². The Bertz CT molecular complexity index is 6660. The van der Waals surface area contributed by atoms with E-state index < -0.39 is 77.8 Å². The summed E-state index contributed by atoms with van der Waals surface area (Å²) in [7, 11) is -10.1. The molecule has 11 N–H and O–H groups in total. The smallest absolute Gasteiger partial charge is 0.372 e. The lowest BCUT2D eigenvalue weighted by Crippen LogP contribution is -2.12. The summed E-state index contributed by atoms with van der Waals surface area (Å²) in [5.74, 6) is 44.9. The number of rotatable bonds is 19. The number of terminal acetylenes is 1. The maximum absolute atomic E-state index is 13.2. The molecule has 2 aliphatic rings. The summed E-state index contributed by atoms with van der Waals surface area (Å²) in [6.07, 6.45) is 16.0. The Kier molecular flexibility index (Phi) is 65.3. The van der Waals surface area contributed by atoms with Crippen LogP contribution in [0.2, 0.25) is 25.2 Å². The Hall–Kier alpha value is -13.3. The highest BCUT2D eigenvalue weighted by Crippen LogP contribution is 2.82. The molecule has 12 rings (SSSR count). The van der Waals surface area contributed by atoms with Gasteiger partial charge in [0.2, 0.25) is 16.8 Å². The Labute approximate surface area is 854 Å². The van der Waals surface area contributed by atoms with Gasteiger partial charge < -0.3 is 38.3 Å². The minimum absolute atomic E-state index is 0. The largest absolute Gasteiger partial charge is 0.476 e. The first-order valence-corrected chi connectivity index (χ1v) is 51.9. The second-order valence-electron chi connectivity index (χ2n) is 27.0. The molecule has 1 saturated carbocycles. The van der Waals surface area contributed by atoms with Crippen LogP contribution in [0, 0.1) is 189 Å². The number of benzene rings is 5. The number of carboxylic acids is 1. The highest BCUT2D eigenvalue weighted by atomic mass is 35.5. The van der Waals surface area contributed by atoms with E-state index in [1.807, 2.05) is 59.7 Å². The zero-order valence-corrected chi connectivity index (χ0v) is 86.5. The predicted octanol–water partition coefficient (Wildman–Crippen LogP) is 25.2. The number of carboxylic acid groups (broad SMARTS) is 1. The van der Waals surface area contributed by atoms with E-state index in [-0.39, 0.29) is 79.7 Å². The lowest BCUT2D eigenvalue weighted by atomic mass is 10.2. The van der Waals surface area contributed by atoms with Crippen LogP contribution in [-0.4, -0.2) is 83.1 Å². The van der Waals surface area contributed by atoms with Crippen molar-refractivity contribution < 1.29 is 81.7 Å². The number of hydrogen-bond acceptors (Lipinski definition) is 25. The number of nitrogens with one attached hydrogen (secondary N) is 3. The second kappa shape index (κ2) is 72.0. The number of aliphatic carboxylic acids is 1. The fourth-order valence-corrected chi connectivity index (χ4v) is 19.8. The molecular weight excluding hydrogens is 2060 g/mol. The van der Waals surface area contributed by atoms with E-state index in [0.717, 1.165) is 42.3 Å².